The summed E-state index contributed by atoms with van der Waals surface area (Å²) in [4.78, 5) is 2.53. The normalized spacial score (nSPS) is 22.6. The van der Waals surface area contributed by atoms with Crippen molar-refractivity contribution in [3.05, 3.63) is 22.2 Å². The van der Waals surface area contributed by atoms with Gasteiger partial charge in [0.15, 0.2) is 0 Å². The molecule has 3 rings (SSSR count). The molecule has 5 heteroatoms. The second-order valence-electron chi connectivity index (χ2n) is 6.53. The van der Waals surface area contributed by atoms with Gasteiger partial charge < -0.3 is 16.2 Å². The molecule has 1 atom stereocenters. The van der Waals surface area contributed by atoms with Gasteiger partial charge in [0, 0.05) is 42.3 Å². The largest absolute Gasteiger partial charge is 0.505 e. The molecule has 1 aliphatic carbocycles. The molecule has 1 aromatic rings. The maximum Gasteiger partial charge on any atom is 0.144 e. The number of benzene rings is 1. The zero-order valence-corrected chi connectivity index (χ0v) is 14.6. The molecule has 0 bridgehead atoms. The first-order chi connectivity index (χ1) is 10.7. The molecule has 0 spiro atoms. The number of nitrogens with one attached hydrogen (secondary N) is 1. The Morgan fingerprint density at radius 2 is 1.86 bits per heavy atom. The average molecular weight is 368 g/mol. The van der Waals surface area contributed by atoms with Crippen LogP contribution in [0.4, 0.5) is 5.69 Å². The van der Waals surface area contributed by atoms with Gasteiger partial charge in [-0.25, -0.2) is 0 Å². The highest BCUT2D eigenvalue weighted by molar-refractivity contribution is 9.10. The van der Waals surface area contributed by atoms with Crippen molar-refractivity contribution in [2.24, 2.45) is 5.92 Å². The number of nitrogens with two attached hydrogens (primary N) is 1. The summed E-state index contributed by atoms with van der Waals surface area (Å²) in [6.45, 7) is 4.09. The van der Waals surface area contributed by atoms with Crippen molar-refractivity contribution in [2.75, 3.05) is 31.9 Å². The van der Waals surface area contributed by atoms with Crippen LogP contribution in [0.15, 0.2) is 16.6 Å². The first-order valence-corrected chi connectivity index (χ1v) is 9.19. The summed E-state index contributed by atoms with van der Waals surface area (Å²) < 4.78 is 0.980. The highest BCUT2D eigenvalue weighted by Crippen LogP contribution is 2.46. The van der Waals surface area contributed by atoms with Gasteiger partial charge in [-0.2, -0.15) is 0 Å². The van der Waals surface area contributed by atoms with Crippen LogP contribution in [0.25, 0.3) is 0 Å². The minimum Gasteiger partial charge on any atom is -0.505 e. The third kappa shape index (κ3) is 3.26. The third-order valence-corrected chi connectivity index (χ3v) is 5.82. The lowest BCUT2D eigenvalue weighted by Gasteiger charge is -2.41. The quantitative estimate of drug-likeness (QED) is 0.566. The Hall–Kier alpha value is -0.780. The monoisotopic (exact) mass is 367 g/mol. The van der Waals surface area contributed by atoms with Crippen LogP contribution in [-0.2, 0) is 0 Å². The molecule has 2 aliphatic rings. The van der Waals surface area contributed by atoms with Crippen molar-refractivity contribution < 1.29 is 5.11 Å². The first-order valence-electron chi connectivity index (χ1n) is 8.40. The number of phenols is 1. The summed E-state index contributed by atoms with van der Waals surface area (Å²) in [5.74, 6) is 0.874. The van der Waals surface area contributed by atoms with Crippen molar-refractivity contribution in [2.45, 2.75) is 38.1 Å². The van der Waals surface area contributed by atoms with Gasteiger partial charge in [0.25, 0.3) is 0 Å². The summed E-state index contributed by atoms with van der Waals surface area (Å²) >= 11 is 3.66. The zero-order chi connectivity index (χ0) is 15.5. The van der Waals surface area contributed by atoms with E-state index < -0.39 is 0 Å². The second kappa shape index (κ2) is 7.20. The fraction of sp³-hybridized carbons (Fsp3) is 0.647. The van der Waals surface area contributed by atoms with E-state index in [0.29, 0.717) is 11.6 Å². The number of anilines is 1. The highest BCUT2D eigenvalue weighted by atomic mass is 79.9. The molecular weight excluding hydrogens is 342 g/mol. The summed E-state index contributed by atoms with van der Waals surface area (Å²) in [5.41, 5.74) is 7.46. The Kier molecular flexibility index (Phi) is 5.26. The van der Waals surface area contributed by atoms with Crippen molar-refractivity contribution in [1.82, 2.24) is 10.2 Å². The molecule has 1 aliphatic heterocycles. The van der Waals surface area contributed by atoms with Gasteiger partial charge in [-0.3, -0.25) is 4.90 Å². The molecule has 4 nitrogen and oxygen atoms in total. The first kappa shape index (κ1) is 16.1. The average Bonchev–Trinajstić information content (AvgIpc) is 2.57. The number of hydrogen-bond acceptors (Lipinski definition) is 4. The standard InChI is InChI=1S/C17H26BrN3O/c18-13-6-7-14(19)17(22)15(13)16(12-4-2-1-3-5-12)21-10-8-20-9-11-21/h6-7,12,16,20,22H,1-5,8-11,19H2/t16-/m1/s1. The van der Waals surface area contributed by atoms with Crippen LogP contribution in [0.3, 0.4) is 0 Å². The maximum atomic E-state index is 10.6. The Labute approximate surface area is 141 Å². The summed E-state index contributed by atoms with van der Waals surface area (Å²) in [6.07, 6.45) is 6.43. The van der Waals surface area contributed by atoms with Gasteiger partial charge in [-0.05, 0) is 30.9 Å². The number of aromatic hydroxyl groups is 1. The lowest BCUT2D eigenvalue weighted by atomic mass is 9.79. The molecule has 2 fully saturated rings. The lowest BCUT2D eigenvalue weighted by Crippen LogP contribution is -2.47. The highest BCUT2D eigenvalue weighted by Gasteiger charge is 2.34. The van der Waals surface area contributed by atoms with E-state index in [1.165, 1.54) is 32.1 Å². The number of nitrogen functional groups attached to an aromatic ring is 1. The van der Waals surface area contributed by atoms with Gasteiger partial charge in [0.2, 0.25) is 0 Å². The molecular formula is C17H26BrN3O. The lowest BCUT2D eigenvalue weighted by molar-refractivity contribution is 0.101. The summed E-state index contributed by atoms with van der Waals surface area (Å²) in [6, 6.07) is 4.02. The fourth-order valence-electron chi connectivity index (χ4n) is 4.01. The number of rotatable bonds is 3. The number of phenolic OH excluding ortho intramolecular Hbond substituents is 1. The molecule has 22 heavy (non-hydrogen) atoms. The minimum atomic E-state index is 0.264. The van der Waals surface area contributed by atoms with Crippen molar-refractivity contribution >= 4 is 21.6 Å². The molecule has 4 N–H and O–H groups in total. The van der Waals surface area contributed by atoms with E-state index in [9.17, 15) is 5.11 Å². The fourth-order valence-corrected chi connectivity index (χ4v) is 4.56. The zero-order valence-electron chi connectivity index (χ0n) is 13.0. The van der Waals surface area contributed by atoms with E-state index >= 15 is 0 Å². The van der Waals surface area contributed by atoms with Crippen molar-refractivity contribution in [3.8, 4) is 5.75 Å². The van der Waals surface area contributed by atoms with Crippen LogP contribution in [-0.4, -0.2) is 36.2 Å². The van der Waals surface area contributed by atoms with Crippen LogP contribution in [0.2, 0.25) is 0 Å². The molecule has 0 radical (unpaired) electrons. The topological polar surface area (TPSA) is 61.5 Å². The predicted molar refractivity (Wildman–Crippen MR) is 94.0 cm³/mol. The number of halogens is 1. The van der Waals surface area contributed by atoms with E-state index in [1.807, 2.05) is 6.07 Å². The molecule has 1 saturated heterocycles. The van der Waals surface area contributed by atoms with Crippen LogP contribution >= 0.6 is 15.9 Å². The summed E-state index contributed by atoms with van der Waals surface area (Å²) in [7, 11) is 0. The Bertz CT molecular complexity index is 493. The molecule has 0 unspecified atom stereocenters. The van der Waals surface area contributed by atoms with Crippen LogP contribution < -0.4 is 11.1 Å². The molecule has 0 aromatic heterocycles. The van der Waals surface area contributed by atoms with Crippen molar-refractivity contribution in [3.63, 3.8) is 0 Å². The molecule has 1 aromatic carbocycles. The van der Waals surface area contributed by atoms with Gasteiger partial charge in [0.05, 0.1) is 5.69 Å². The van der Waals surface area contributed by atoms with Crippen LogP contribution in [0.5, 0.6) is 5.75 Å². The van der Waals surface area contributed by atoms with Crippen LogP contribution in [0.1, 0.15) is 43.7 Å². The summed E-state index contributed by atoms with van der Waals surface area (Å²) in [5, 5.41) is 14.0. The number of piperazine rings is 1. The van der Waals surface area contributed by atoms with Gasteiger partial charge in [0.1, 0.15) is 5.75 Å². The number of nitrogens with zero attached hydrogens (tertiary/aromatic N) is 1. The third-order valence-electron chi connectivity index (χ3n) is 5.13. The van der Waals surface area contributed by atoms with E-state index in [4.69, 9.17) is 5.73 Å². The predicted octanol–water partition coefficient (Wildman–Crippen LogP) is 3.26. The van der Waals surface area contributed by atoms with E-state index in [1.54, 1.807) is 6.07 Å². The van der Waals surface area contributed by atoms with E-state index in [2.05, 4.69) is 26.1 Å². The van der Waals surface area contributed by atoms with Gasteiger partial charge >= 0.3 is 0 Å². The van der Waals surface area contributed by atoms with Gasteiger partial charge in [-0.15, -0.1) is 0 Å². The molecule has 1 saturated carbocycles. The minimum absolute atomic E-state index is 0.264. The molecule has 0 amide bonds. The molecule has 122 valence electrons. The van der Waals surface area contributed by atoms with Gasteiger partial charge in [-0.1, -0.05) is 35.2 Å². The Balaban J connectivity index is 1.98. The smallest absolute Gasteiger partial charge is 0.144 e. The SMILES string of the molecule is Nc1ccc(Br)c([C@@H](C2CCCCC2)N2CCNCC2)c1O. The Morgan fingerprint density at radius 3 is 2.55 bits per heavy atom. The molecule has 1 heterocycles. The maximum absolute atomic E-state index is 10.6. The Morgan fingerprint density at radius 1 is 1.18 bits per heavy atom. The van der Waals surface area contributed by atoms with E-state index in [-0.39, 0.29) is 11.8 Å². The number of hydrogen-bond donors (Lipinski definition) is 3. The van der Waals surface area contributed by atoms with E-state index in [0.717, 1.165) is 36.2 Å². The second-order valence-corrected chi connectivity index (χ2v) is 7.38. The van der Waals surface area contributed by atoms with Crippen molar-refractivity contribution in [1.29, 1.82) is 0 Å². The van der Waals surface area contributed by atoms with Crippen LogP contribution in [0, 0.1) is 5.92 Å².